The van der Waals surface area contributed by atoms with Crippen LogP contribution >= 0.6 is 23.2 Å². The van der Waals surface area contributed by atoms with Gasteiger partial charge in [-0.25, -0.2) is 0 Å². The van der Waals surface area contributed by atoms with Crippen LogP contribution in [0.15, 0.2) is 12.1 Å². The molecule has 1 aromatic rings. The zero-order valence-corrected chi connectivity index (χ0v) is 10.7. The fraction of sp³-hybridized carbons (Fsp3) is 0.455. The number of benzene rings is 1. The average Bonchev–Trinajstić information content (AvgIpc) is 2.10. The fourth-order valence-electron chi connectivity index (χ4n) is 1.36. The molecule has 0 fully saturated rings. The maximum atomic E-state index is 6.16. The van der Waals surface area contributed by atoms with Gasteiger partial charge in [0.15, 0.2) is 0 Å². The molecular formula is C11H16Cl2N2. The van der Waals surface area contributed by atoms with Crippen molar-refractivity contribution in [3.05, 3.63) is 27.7 Å². The summed E-state index contributed by atoms with van der Waals surface area (Å²) in [5.74, 6) is 0. The van der Waals surface area contributed by atoms with Crippen LogP contribution in [0.4, 0.5) is 5.69 Å². The largest absolute Gasteiger partial charge is 0.378 e. The molecule has 0 heterocycles. The molecule has 2 nitrogen and oxygen atoms in total. The van der Waals surface area contributed by atoms with Gasteiger partial charge < -0.3 is 10.6 Å². The Morgan fingerprint density at radius 3 is 2.07 bits per heavy atom. The fourth-order valence-corrected chi connectivity index (χ4v) is 1.99. The third kappa shape index (κ3) is 3.26. The Labute approximate surface area is 101 Å². The predicted molar refractivity (Wildman–Crippen MR) is 68.1 cm³/mol. The van der Waals surface area contributed by atoms with Crippen LogP contribution in [0.3, 0.4) is 0 Å². The quantitative estimate of drug-likeness (QED) is 0.889. The van der Waals surface area contributed by atoms with E-state index in [2.05, 4.69) is 0 Å². The number of halogens is 2. The molecule has 84 valence electrons. The van der Waals surface area contributed by atoms with E-state index in [0.717, 1.165) is 11.3 Å². The molecule has 1 unspecified atom stereocenters. The highest BCUT2D eigenvalue weighted by Gasteiger charge is 2.10. The first-order valence-electron chi connectivity index (χ1n) is 4.82. The zero-order chi connectivity index (χ0) is 11.6. The molecular weight excluding hydrogens is 231 g/mol. The van der Waals surface area contributed by atoms with Gasteiger partial charge in [-0.2, -0.15) is 0 Å². The summed E-state index contributed by atoms with van der Waals surface area (Å²) in [5.41, 5.74) is 7.66. The van der Waals surface area contributed by atoms with Crippen LogP contribution < -0.4 is 10.6 Å². The van der Waals surface area contributed by atoms with Crippen LogP contribution in [0.5, 0.6) is 0 Å². The number of nitrogens with zero attached hydrogens (tertiary/aromatic N) is 1. The van der Waals surface area contributed by atoms with Gasteiger partial charge in [-0.05, 0) is 31.0 Å². The molecule has 0 aliphatic rings. The van der Waals surface area contributed by atoms with Crippen LogP contribution in [0, 0.1) is 0 Å². The third-order valence-electron chi connectivity index (χ3n) is 2.17. The summed E-state index contributed by atoms with van der Waals surface area (Å²) in [6.07, 6.45) is 0.700. The van der Waals surface area contributed by atoms with Crippen molar-refractivity contribution >= 4 is 28.9 Å². The third-order valence-corrected chi connectivity index (χ3v) is 2.84. The normalized spacial score (nSPS) is 12.7. The first kappa shape index (κ1) is 12.6. The minimum Gasteiger partial charge on any atom is -0.378 e. The Bertz CT molecular complexity index is 325. The Balaban J connectivity index is 3.10. The summed E-state index contributed by atoms with van der Waals surface area (Å²) in [6.45, 7) is 1.94. The van der Waals surface area contributed by atoms with Crippen LogP contribution in [-0.2, 0) is 6.42 Å². The molecule has 0 aliphatic carbocycles. The van der Waals surface area contributed by atoms with E-state index in [1.54, 1.807) is 0 Å². The van der Waals surface area contributed by atoms with Gasteiger partial charge in [-0.3, -0.25) is 0 Å². The van der Waals surface area contributed by atoms with Crippen LogP contribution in [0.2, 0.25) is 10.0 Å². The molecule has 1 aromatic carbocycles. The van der Waals surface area contributed by atoms with Gasteiger partial charge in [0.05, 0.1) is 0 Å². The van der Waals surface area contributed by atoms with Gasteiger partial charge in [0, 0.05) is 35.9 Å². The van der Waals surface area contributed by atoms with E-state index in [0.29, 0.717) is 16.5 Å². The first-order chi connectivity index (χ1) is 6.91. The molecule has 0 saturated heterocycles. The lowest BCUT2D eigenvalue weighted by atomic mass is 10.1. The summed E-state index contributed by atoms with van der Waals surface area (Å²) >= 11 is 12.3. The lowest BCUT2D eigenvalue weighted by Gasteiger charge is -2.16. The number of anilines is 1. The molecule has 2 N–H and O–H groups in total. The van der Waals surface area contributed by atoms with Crippen LogP contribution in [-0.4, -0.2) is 20.1 Å². The summed E-state index contributed by atoms with van der Waals surface area (Å²) in [7, 11) is 3.90. The Hall–Kier alpha value is -0.440. The van der Waals surface area contributed by atoms with Crippen molar-refractivity contribution in [3.8, 4) is 0 Å². The first-order valence-corrected chi connectivity index (χ1v) is 5.58. The lowest BCUT2D eigenvalue weighted by molar-refractivity contribution is 0.738. The highest BCUT2D eigenvalue weighted by atomic mass is 35.5. The molecule has 1 atom stereocenters. The van der Waals surface area contributed by atoms with Gasteiger partial charge in [-0.1, -0.05) is 23.2 Å². The Kier molecular flexibility index (Phi) is 4.26. The maximum Gasteiger partial charge on any atom is 0.0474 e. The standard InChI is InChI=1S/C11H16Cl2N2/c1-7(14)4-9-10(12)5-8(15(2)3)6-11(9)13/h5-7H,4,14H2,1-3H3. The van der Waals surface area contributed by atoms with Crippen molar-refractivity contribution < 1.29 is 0 Å². The summed E-state index contributed by atoms with van der Waals surface area (Å²) in [5, 5.41) is 1.37. The second-order valence-corrected chi connectivity index (χ2v) is 4.78. The van der Waals surface area contributed by atoms with Crippen molar-refractivity contribution in [2.75, 3.05) is 19.0 Å². The van der Waals surface area contributed by atoms with E-state index in [1.165, 1.54) is 0 Å². The summed E-state index contributed by atoms with van der Waals surface area (Å²) in [4.78, 5) is 1.97. The topological polar surface area (TPSA) is 29.3 Å². The number of nitrogens with two attached hydrogens (primary N) is 1. The molecule has 0 bridgehead atoms. The van der Waals surface area contributed by atoms with Crippen molar-refractivity contribution in [1.29, 1.82) is 0 Å². The van der Waals surface area contributed by atoms with E-state index in [9.17, 15) is 0 Å². The van der Waals surface area contributed by atoms with Gasteiger partial charge in [0.1, 0.15) is 0 Å². The van der Waals surface area contributed by atoms with Crippen molar-refractivity contribution in [3.63, 3.8) is 0 Å². The molecule has 0 amide bonds. The molecule has 1 rings (SSSR count). The van der Waals surface area contributed by atoms with Gasteiger partial charge in [-0.15, -0.1) is 0 Å². The predicted octanol–water partition coefficient (Wildman–Crippen LogP) is 2.95. The van der Waals surface area contributed by atoms with Crippen molar-refractivity contribution in [1.82, 2.24) is 0 Å². The van der Waals surface area contributed by atoms with E-state index < -0.39 is 0 Å². The monoisotopic (exact) mass is 246 g/mol. The zero-order valence-electron chi connectivity index (χ0n) is 9.22. The molecule has 0 saturated carbocycles. The average molecular weight is 247 g/mol. The van der Waals surface area contributed by atoms with Gasteiger partial charge in [0.2, 0.25) is 0 Å². The molecule has 4 heteroatoms. The number of rotatable bonds is 3. The minimum absolute atomic E-state index is 0.0604. The highest BCUT2D eigenvalue weighted by molar-refractivity contribution is 6.36. The molecule has 0 aromatic heterocycles. The van der Waals surface area contributed by atoms with Gasteiger partial charge >= 0.3 is 0 Å². The van der Waals surface area contributed by atoms with Crippen molar-refractivity contribution in [2.45, 2.75) is 19.4 Å². The minimum atomic E-state index is 0.0604. The highest BCUT2D eigenvalue weighted by Crippen LogP contribution is 2.30. The van der Waals surface area contributed by atoms with Crippen LogP contribution in [0.25, 0.3) is 0 Å². The molecule has 0 aliphatic heterocycles. The van der Waals surface area contributed by atoms with E-state index in [4.69, 9.17) is 28.9 Å². The molecule has 0 radical (unpaired) electrons. The summed E-state index contributed by atoms with van der Waals surface area (Å²) in [6, 6.07) is 3.88. The maximum absolute atomic E-state index is 6.16. The Morgan fingerprint density at radius 2 is 1.73 bits per heavy atom. The van der Waals surface area contributed by atoms with Crippen molar-refractivity contribution in [2.24, 2.45) is 5.73 Å². The smallest absolute Gasteiger partial charge is 0.0474 e. The second-order valence-electron chi connectivity index (χ2n) is 3.96. The Morgan fingerprint density at radius 1 is 1.27 bits per heavy atom. The number of hydrogen-bond acceptors (Lipinski definition) is 2. The molecule has 15 heavy (non-hydrogen) atoms. The summed E-state index contributed by atoms with van der Waals surface area (Å²) < 4.78 is 0. The van der Waals surface area contributed by atoms with E-state index >= 15 is 0 Å². The van der Waals surface area contributed by atoms with E-state index in [1.807, 2.05) is 38.1 Å². The van der Waals surface area contributed by atoms with Gasteiger partial charge in [0.25, 0.3) is 0 Å². The lowest BCUT2D eigenvalue weighted by Crippen LogP contribution is -2.18. The molecule has 0 spiro atoms. The number of hydrogen-bond donors (Lipinski definition) is 1. The van der Waals surface area contributed by atoms with E-state index in [-0.39, 0.29) is 6.04 Å². The van der Waals surface area contributed by atoms with Crippen LogP contribution in [0.1, 0.15) is 12.5 Å². The SMILES string of the molecule is CC(N)Cc1c(Cl)cc(N(C)C)cc1Cl. The second kappa shape index (κ2) is 5.06.